The zero-order chi connectivity index (χ0) is 14.9. The second-order valence-electron chi connectivity index (χ2n) is 4.66. The van der Waals surface area contributed by atoms with Crippen LogP contribution in [-0.2, 0) is 0 Å². The number of nitro groups is 1. The number of nitrogens with zero attached hydrogens (tertiary/aromatic N) is 1. The second kappa shape index (κ2) is 5.49. The Bertz CT molecular complexity index is 561. The van der Waals surface area contributed by atoms with Crippen molar-refractivity contribution in [3.63, 3.8) is 0 Å². The van der Waals surface area contributed by atoms with Gasteiger partial charge in [0, 0.05) is 6.54 Å². The number of halogens is 2. The van der Waals surface area contributed by atoms with Crippen LogP contribution < -0.4 is 5.32 Å². The van der Waals surface area contributed by atoms with Gasteiger partial charge in [0.2, 0.25) is 5.82 Å². The molecule has 1 aliphatic rings. The Morgan fingerprint density at radius 3 is 2.65 bits per heavy atom. The second-order valence-corrected chi connectivity index (χ2v) is 4.66. The van der Waals surface area contributed by atoms with E-state index in [1.54, 1.807) is 0 Å². The lowest BCUT2D eigenvalue weighted by Gasteiger charge is -2.11. The number of nitrogens with one attached hydrogen (secondary N) is 1. The van der Waals surface area contributed by atoms with Gasteiger partial charge >= 0.3 is 5.69 Å². The van der Waals surface area contributed by atoms with Gasteiger partial charge in [-0.2, -0.15) is 4.39 Å². The molecule has 20 heavy (non-hydrogen) atoms. The van der Waals surface area contributed by atoms with E-state index in [1.165, 1.54) is 0 Å². The number of benzene rings is 1. The van der Waals surface area contributed by atoms with E-state index in [4.69, 9.17) is 0 Å². The zero-order valence-electron chi connectivity index (χ0n) is 10.3. The first-order valence-corrected chi connectivity index (χ1v) is 6.00. The van der Waals surface area contributed by atoms with Crippen molar-refractivity contribution in [1.29, 1.82) is 0 Å². The van der Waals surface area contributed by atoms with Crippen LogP contribution in [0.4, 0.5) is 14.5 Å². The largest absolute Gasteiger partial charge is 0.391 e. The number of hydrogen-bond donors (Lipinski definition) is 2. The van der Waals surface area contributed by atoms with Crippen LogP contribution in [0.2, 0.25) is 0 Å². The highest BCUT2D eigenvalue weighted by molar-refractivity contribution is 5.94. The lowest BCUT2D eigenvalue weighted by atomic mass is 10.1. The monoisotopic (exact) mass is 286 g/mol. The minimum absolute atomic E-state index is 0.0679. The van der Waals surface area contributed by atoms with Gasteiger partial charge in [0.1, 0.15) is 5.82 Å². The van der Waals surface area contributed by atoms with Gasteiger partial charge in [-0.3, -0.25) is 14.9 Å². The van der Waals surface area contributed by atoms with Gasteiger partial charge in [-0.1, -0.05) is 0 Å². The van der Waals surface area contributed by atoms with Gasteiger partial charge in [-0.15, -0.1) is 0 Å². The molecule has 0 saturated heterocycles. The molecule has 0 radical (unpaired) electrons. The van der Waals surface area contributed by atoms with Crippen molar-refractivity contribution in [3.8, 4) is 0 Å². The molecule has 1 aliphatic carbocycles. The predicted octanol–water partition coefficient (Wildman–Crippen LogP) is 1.37. The third-order valence-corrected chi connectivity index (χ3v) is 3.12. The molecule has 108 valence electrons. The molecule has 0 bridgehead atoms. The molecule has 1 aromatic carbocycles. The van der Waals surface area contributed by atoms with Crippen LogP contribution in [0.5, 0.6) is 0 Å². The SMILES string of the molecule is O=C(NCC(O)C1CC1)c1cc(F)c([N+](=O)[O-])cc1F. The van der Waals surface area contributed by atoms with E-state index in [-0.39, 0.29) is 12.5 Å². The van der Waals surface area contributed by atoms with Gasteiger partial charge in [-0.25, -0.2) is 4.39 Å². The van der Waals surface area contributed by atoms with Crippen molar-refractivity contribution in [1.82, 2.24) is 5.32 Å². The minimum atomic E-state index is -1.29. The van der Waals surface area contributed by atoms with Gasteiger partial charge in [0.05, 0.1) is 22.7 Å². The molecule has 1 atom stereocenters. The molecule has 1 fully saturated rings. The first kappa shape index (κ1) is 14.3. The fourth-order valence-corrected chi connectivity index (χ4v) is 1.79. The van der Waals surface area contributed by atoms with Crippen LogP contribution in [0.15, 0.2) is 12.1 Å². The maximum atomic E-state index is 13.5. The number of hydrogen-bond acceptors (Lipinski definition) is 4. The Labute approximate surface area is 112 Å². The Morgan fingerprint density at radius 1 is 1.45 bits per heavy atom. The molecule has 0 heterocycles. The third-order valence-electron chi connectivity index (χ3n) is 3.12. The summed E-state index contributed by atoms with van der Waals surface area (Å²) in [6, 6.07) is 0.841. The number of aliphatic hydroxyl groups is 1. The molecule has 1 amide bonds. The highest BCUT2D eigenvalue weighted by Gasteiger charge is 2.30. The molecule has 2 N–H and O–H groups in total. The van der Waals surface area contributed by atoms with E-state index < -0.39 is 39.8 Å². The number of nitro benzene ring substituents is 1. The summed E-state index contributed by atoms with van der Waals surface area (Å²) in [6.07, 6.45) is 1.03. The number of aliphatic hydroxyl groups excluding tert-OH is 1. The minimum Gasteiger partial charge on any atom is -0.391 e. The summed E-state index contributed by atoms with van der Waals surface area (Å²) in [4.78, 5) is 21.0. The molecule has 2 rings (SSSR count). The van der Waals surface area contributed by atoms with E-state index in [2.05, 4.69) is 5.32 Å². The van der Waals surface area contributed by atoms with Gasteiger partial charge in [0.15, 0.2) is 0 Å². The lowest BCUT2D eigenvalue weighted by molar-refractivity contribution is -0.387. The molecule has 1 saturated carbocycles. The van der Waals surface area contributed by atoms with Gasteiger partial charge in [0.25, 0.3) is 5.91 Å². The standard InChI is InChI=1S/C12H12F2N2O4/c13-8-4-10(16(19)20)9(14)3-7(8)12(18)15-5-11(17)6-1-2-6/h3-4,6,11,17H,1-2,5H2,(H,15,18). The van der Waals surface area contributed by atoms with Gasteiger partial charge in [-0.05, 0) is 24.8 Å². The van der Waals surface area contributed by atoms with E-state index in [0.717, 1.165) is 12.8 Å². The summed E-state index contributed by atoms with van der Waals surface area (Å²) in [5.74, 6) is -3.26. The number of carbonyl (C=O) groups excluding carboxylic acids is 1. The molecule has 0 spiro atoms. The van der Waals surface area contributed by atoms with Crippen LogP contribution in [0.3, 0.4) is 0 Å². The number of rotatable bonds is 5. The molecular weight excluding hydrogens is 274 g/mol. The number of amides is 1. The average molecular weight is 286 g/mol. The van der Waals surface area contributed by atoms with Crippen LogP contribution in [0, 0.1) is 27.7 Å². The summed E-state index contributed by atoms with van der Waals surface area (Å²) < 4.78 is 26.9. The van der Waals surface area contributed by atoms with Crippen LogP contribution in [0.1, 0.15) is 23.2 Å². The van der Waals surface area contributed by atoms with Crippen molar-refractivity contribution < 1.29 is 23.6 Å². The van der Waals surface area contributed by atoms with Crippen LogP contribution in [0.25, 0.3) is 0 Å². The molecule has 0 aliphatic heterocycles. The normalized spacial score (nSPS) is 15.8. The summed E-state index contributed by atoms with van der Waals surface area (Å²) in [5, 5.41) is 22.2. The van der Waals surface area contributed by atoms with Crippen molar-refractivity contribution in [2.75, 3.05) is 6.54 Å². The lowest BCUT2D eigenvalue weighted by Crippen LogP contribution is -2.33. The van der Waals surface area contributed by atoms with E-state index in [9.17, 15) is 28.8 Å². The molecule has 0 aromatic heterocycles. The summed E-state index contributed by atoms with van der Waals surface area (Å²) in [6.45, 7) is -0.0679. The maximum absolute atomic E-state index is 13.5. The summed E-state index contributed by atoms with van der Waals surface area (Å²) >= 11 is 0. The number of carbonyl (C=O) groups is 1. The Kier molecular flexibility index (Phi) is 3.93. The Balaban J connectivity index is 2.09. The first-order valence-electron chi connectivity index (χ1n) is 6.00. The van der Waals surface area contributed by atoms with Crippen molar-refractivity contribution >= 4 is 11.6 Å². The molecule has 6 nitrogen and oxygen atoms in total. The Hall–Kier alpha value is -2.09. The quantitative estimate of drug-likeness (QED) is 0.631. The maximum Gasteiger partial charge on any atom is 0.307 e. The molecular formula is C12H12F2N2O4. The van der Waals surface area contributed by atoms with Crippen LogP contribution >= 0.6 is 0 Å². The van der Waals surface area contributed by atoms with E-state index in [0.29, 0.717) is 12.1 Å². The smallest absolute Gasteiger partial charge is 0.307 e. The van der Waals surface area contributed by atoms with Crippen LogP contribution in [-0.4, -0.2) is 28.6 Å². The molecule has 8 heteroatoms. The zero-order valence-corrected chi connectivity index (χ0v) is 10.3. The van der Waals surface area contributed by atoms with E-state index in [1.807, 2.05) is 0 Å². The van der Waals surface area contributed by atoms with E-state index >= 15 is 0 Å². The fourth-order valence-electron chi connectivity index (χ4n) is 1.79. The average Bonchev–Trinajstić information content (AvgIpc) is 3.21. The predicted molar refractivity (Wildman–Crippen MR) is 64.1 cm³/mol. The van der Waals surface area contributed by atoms with Gasteiger partial charge < -0.3 is 10.4 Å². The third kappa shape index (κ3) is 3.08. The topological polar surface area (TPSA) is 92.5 Å². The van der Waals surface area contributed by atoms with Crippen molar-refractivity contribution in [3.05, 3.63) is 39.4 Å². The Morgan fingerprint density at radius 2 is 2.10 bits per heavy atom. The highest BCUT2D eigenvalue weighted by Crippen LogP contribution is 2.32. The molecule has 1 unspecified atom stereocenters. The van der Waals surface area contributed by atoms with Crippen molar-refractivity contribution in [2.45, 2.75) is 18.9 Å². The summed E-state index contributed by atoms with van der Waals surface area (Å²) in [5.41, 5.74) is -1.66. The summed E-state index contributed by atoms with van der Waals surface area (Å²) in [7, 11) is 0. The highest BCUT2D eigenvalue weighted by atomic mass is 19.1. The van der Waals surface area contributed by atoms with Crippen molar-refractivity contribution in [2.24, 2.45) is 5.92 Å². The first-order chi connectivity index (χ1) is 9.40. The fraction of sp³-hybridized carbons (Fsp3) is 0.417. The molecule has 1 aromatic rings.